The van der Waals surface area contributed by atoms with Gasteiger partial charge in [-0.1, -0.05) is 24.3 Å². The van der Waals surface area contributed by atoms with Gasteiger partial charge in [0.25, 0.3) is 5.91 Å². The summed E-state index contributed by atoms with van der Waals surface area (Å²) in [4.78, 5) is 45.9. The second-order valence-corrected chi connectivity index (χ2v) is 8.64. The molecule has 3 unspecified atom stereocenters. The van der Waals surface area contributed by atoms with E-state index in [-0.39, 0.29) is 18.4 Å². The lowest BCUT2D eigenvalue weighted by Gasteiger charge is -2.28. The van der Waals surface area contributed by atoms with Gasteiger partial charge < -0.3 is 14.4 Å². The molecule has 7 heteroatoms. The first-order chi connectivity index (χ1) is 16.5. The third-order valence-corrected chi connectivity index (χ3v) is 6.40. The van der Waals surface area contributed by atoms with E-state index < -0.39 is 23.7 Å². The molecule has 5 rings (SSSR count). The Labute approximate surface area is 197 Å². The molecule has 0 saturated carbocycles. The highest BCUT2D eigenvalue weighted by molar-refractivity contribution is 6.44. The lowest BCUT2D eigenvalue weighted by atomic mass is 9.85. The number of ketones is 2. The second kappa shape index (κ2) is 8.74. The van der Waals surface area contributed by atoms with Gasteiger partial charge in [0.05, 0.1) is 13.2 Å². The lowest BCUT2D eigenvalue weighted by molar-refractivity contribution is -0.141. The monoisotopic (exact) mass is 456 g/mol. The van der Waals surface area contributed by atoms with E-state index in [0.717, 1.165) is 16.9 Å². The number of hydrogen-bond acceptors (Lipinski definition) is 6. The topological polar surface area (TPSA) is 85.8 Å². The number of nitrogens with zero attached hydrogens (tertiary/aromatic N) is 2. The quantitative estimate of drug-likeness (QED) is 0.320. The molecule has 0 N–H and O–H groups in total. The van der Waals surface area contributed by atoms with Gasteiger partial charge >= 0.3 is 0 Å². The molecule has 1 amide bonds. The molecule has 0 spiro atoms. The molecule has 1 saturated heterocycles. The van der Waals surface area contributed by atoms with Crippen molar-refractivity contribution in [1.82, 2.24) is 9.88 Å². The number of para-hydroxylation sites is 1. The molecule has 172 valence electrons. The molecule has 0 radical (unpaired) electrons. The van der Waals surface area contributed by atoms with E-state index in [1.165, 1.54) is 12.0 Å². The van der Waals surface area contributed by atoms with Gasteiger partial charge in [0.2, 0.25) is 5.78 Å². The van der Waals surface area contributed by atoms with Crippen LogP contribution in [0.4, 0.5) is 0 Å². The minimum absolute atomic E-state index is 0.0337. The minimum Gasteiger partial charge on any atom is -0.496 e. The van der Waals surface area contributed by atoms with Crippen molar-refractivity contribution in [3.8, 4) is 11.5 Å². The van der Waals surface area contributed by atoms with Crippen LogP contribution in [0.1, 0.15) is 40.0 Å². The molecule has 0 bridgehead atoms. The van der Waals surface area contributed by atoms with Crippen LogP contribution in [0.5, 0.6) is 11.5 Å². The van der Waals surface area contributed by atoms with E-state index in [0.29, 0.717) is 23.3 Å². The first-order valence-electron chi connectivity index (χ1n) is 11.2. The maximum Gasteiger partial charge on any atom is 0.291 e. The fourth-order valence-electron chi connectivity index (χ4n) is 4.86. The summed E-state index contributed by atoms with van der Waals surface area (Å²) >= 11 is 0. The van der Waals surface area contributed by atoms with Gasteiger partial charge in [0, 0.05) is 36.5 Å². The number of pyridine rings is 1. The molecular formula is C27H24N2O5. The zero-order chi connectivity index (χ0) is 23.8. The van der Waals surface area contributed by atoms with Crippen molar-refractivity contribution in [2.75, 3.05) is 7.11 Å². The number of carbonyl (C=O) groups excluding carboxylic acids is 3. The summed E-state index contributed by atoms with van der Waals surface area (Å²) in [5.74, 6) is -1.70. The van der Waals surface area contributed by atoms with Crippen molar-refractivity contribution >= 4 is 17.5 Å². The Kier molecular flexibility index (Phi) is 5.61. The number of aromatic nitrogens is 1. The van der Waals surface area contributed by atoms with Crippen LogP contribution in [0.15, 0.2) is 67.0 Å². The first kappa shape index (κ1) is 21.8. The number of rotatable bonds is 6. The molecule has 0 aliphatic carbocycles. The van der Waals surface area contributed by atoms with Crippen LogP contribution < -0.4 is 9.47 Å². The fraction of sp³-hybridized carbons (Fsp3) is 0.259. The van der Waals surface area contributed by atoms with Gasteiger partial charge in [-0.05, 0) is 48.4 Å². The molecule has 2 aliphatic rings. The largest absolute Gasteiger partial charge is 0.496 e. The highest BCUT2D eigenvalue weighted by Gasteiger charge is 2.52. The molecule has 2 aliphatic heterocycles. The first-order valence-corrected chi connectivity index (χ1v) is 11.2. The molecule has 7 nitrogen and oxygen atoms in total. The average molecular weight is 456 g/mol. The van der Waals surface area contributed by atoms with E-state index in [9.17, 15) is 14.4 Å². The van der Waals surface area contributed by atoms with Crippen LogP contribution in [0.2, 0.25) is 0 Å². The normalized spacial score (nSPS) is 21.4. The average Bonchev–Trinajstić information content (AvgIpc) is 3.35. The smallest absolute Gasteiger partial charge is 0.291 e. The van der Waals surface area contributed by atoms with Crippen LogP contribution in [-0.2, 0) is 22.6 Å². The predicted molar refractivity (Wildman–Crippen MR) is 124 cm³/mol. The summed E-state index contributed by atoms with van der Waals surface area (Å²) in [6.07, 6.45) is 4.01. The summed E-state index contributed by atoms with van der Waals surface area (Å²) in [6.45, 7) is 2.12. The van der Waals surface area contributed by atoms with Crippen molar-refractivity contribution < 1.29 is 23.9 Å². The summed E-state index contributed by atoms with van der Waals surface area (Å²) in [5.41, 5.74) is 2.70. The van der Waals surface area contributed by atoms with Crippen molar-refractivity contribution in [1.29, 1.82) is 0 Å². The molecular weight excluding hydrogens is 432 g/mol. The molecule has 34 heavy (non-hydrogen) atoms. The van der Waals surface area contributed by atoms with Gasteiger partial charge in [0.15, 0.2) is 5.78 Å². The Hall–Kier alpha value is -4.00. The Balaban J connectivity index is 1.58. The Morgan fingerprint density at radius 1 is 1.15 bits per heavy atom. The van der Waals surface area contributed by atoms with Gasteiger partial charge in [0.1, 0.15) is 23.5 Å². The number of hydrogen-bond donors (Lipinski definition) is 0. The van der Waals surface area contributed by atoms with E-state index in [4.69, 9.17) is 9.47 Å². The molecule has 2 aromatic carbocycles. The van der Waals surface area contributed by atoms with Crippen LogP contribution in [-0.4, -0.2) is 40.6 Å². The summed E-state index contributed by atoms with van der Waals surface area (Å²) in [7, 11) is 1.53. The van der Waals surface area contributed by atoms with Gasteiger partial charge in [-0.3, -0.25) is 19.4 Å². The number of methoxy groups -OCH3 is 1. The van der Waals surface area contributed by atoms with Crippen LogP contribution in [0.3, 0.4) is 0 Å². The minimum atomic E-state index is -1.18. The van der Waals surface area contributed by atoms with E-state index in [1.54, 1.807) is 48.8 Å². The van der Waals surface area contributed by atoms with Crippen molar-refractivity contribution in [2.24, 2.45) is 5.92 Å². The van der Waals surface area contributed by atoms with Crippen molar-refractivity contribution in [3.63, 3.8) is 0 Å². The van der Waals surface area contributed by atoms with Gasteiger partial charge in [-0.25, -0.2) is 0 Å². The molecule has 3 aromatic rings. The van der Waals surface area contributed by atoms with Crippen LogP contribution in [0.25, 0.3) is 0 Å². The van der Waals surface area contributed by atoms with Gasteiger partial charge in [-0.15, -0.1) is 0 Å². The molecule has 3 heterocycles. The van der Waals surface area contributed by atoms with Crippen molar-refractivity contribution in [2.45, 2.75) is 32.0 Å². The predicted octanol–water partition coefficient (Wildman–Crippen LogP) is 3.57. The number of benzene rings is 2. The Bertz CT molecular complexity index is 1270. The zero-order valence-electron chi connectivity index (χ0n) is 18.9. The Morgan fingerprint density at radius 2 is 1.97 bits per heavy atom. The number of ether oxygens (including phenoxy) is 2. The summed E-state index contributed by atoms with van der Waals surface area (Å²) in [5, 5.41) is 0. The fourth-order valence-corrected chi connectivity index (χ4v) is 4.86. The zero-order valence-corrected chi connectivity index (χ0v) is 18.9. The Morgan fingerprint density at radius 3 is 2.74 bits per heavy atom. The van der Waals surface area contributed by atoms with Crippen molar-refractivity contribution in [3.05, 3.63) is 89.2 Å². The number of amides is 1. The highest BCUT2D eigenvalue weighted by atomic mass is 16.5. The molecule has 3 atom stereocenters. The third kappa shape index (κ3) is 3.73. The number of likely N-dealkylation sites (tertiary alicyclic amines) is 1. The summed E-state index contributed by atoms with van der Waals surface area (Å²) < 4.78 is 11.3. The SMILES string of the molecule is COc1ccccc1C1C(C(=O)c2ccc3c(c2)CC(C)O3)C(=O)C(=O)N1Cc1cccnc1. The van der Waals surface area contributed by atoms with Gasteiger partial charge in [-0.2, -0.15) is 0 Å². The number of fused-ring (bicyclic) bond motifs is 1. The molecule has 1 fully saturated rings. The standard InChI is InChI=1S/C27H24N2O5/c1-16-12-19-13-18(9-10-21(19)34-16)25(30)23-24(20-7-3-4-8-22(20)33-2)29(27(32)26(23)31)15-17-6-5-11-28-14-17/h3-11,13-14,16,23-24H,12,15H2,1-2H3. The van der Waals surface area contributed by atoms with E-state index in [1.807, 2.05) is 25.1 Å². The maximum absolute atomic E-state index is 13.8. The van der Waals surface area contributed by atoms with E-state index >= 15 is 0 Å². The van der Waals surface area contributed by atoms with Crippen LogP contribution in [0, 0.1) is 5.92 Å². The number of Topliss-reactive ketones (excluding diaryl/α,β-unsaturated/α-hetero) is 2. The second-order valence-electron chi connectivity index (χ2n) is 8.64. The molecule has 1 aromatic heterocycles. The number of carbonyl (C=O) groups is 3. The van der Waals surface area contributed by atoms with Crippen LogP contribution >= 0.6 is 0 Å². The van der Waals surface area contributed by atoms with E-state index in [2.05, 4.69) is 4.98 Å². The third-order valence-electron chi connectivity index (χ3n) is 6.40. The lowest BCUT2D eigenvalue weighted by Crippen LogP contribution is -2.30. The highest BCUT2D eigenvalue weighted by Crippen LogP contribution is 2.43. The maximum atomic E-state index is 13.8. The summed E-state index contributed by atoms with van der Waals surface area (Å²) in [6, 6.07) is 15.2.